The van der Waals surface area contributed by atoms with Crippen LogP contribution in [0.2, 0.25) is 10.0 Å². The van der Waals surface area contributed by atoms with Crippen molar-refractivity contribution < 1.29 is 23.0 Å². The molecule has 0 bridgehead atoms. The van der Waals surface area contributed by atoms with E-state index in [1.807, 2.05) is 0 Å². The zero-order valence-corrected chi connectivity index (χ0v) is 17.1. The van der Waals surface area contributed by atoms with Gasteiger partial charge >= 0.3 is 0 Å². The number of fused-ring (bicyclic) bond motifs is 1. The third kappa shape index (κ3) is 3.62. The average molecular weight is 445 g/mol. The lowest BCUT2D eigenvalue weighted by molar-refractivity contribution is 0.173. The van der Waals surface area contributed by atoms with Crippen LogP contribution in [-0.2, 0) is 16.6 Å². The summed E-state index contributed by atoms with van der Waals surface area (Å²) in [5, 5.41) is 10.4. The van der Waals surface area contributed by atoms with Crippen LogP contribution in [0.15, 0.2) is 35.2 Å². The summed E-state index contributed by atoms with van der Waals surface area (Å²) in [6, 6.07) is 7.88. The molecule has 28 heavy (non-hydrogen) atoms. The van der Waals surface area contributed by atoms with E-state index in [4.69, 9.17) is 32.7 Å². The Labute approximate surface area is 173 Å². The fraction of sp³-hybridized carbons (Fsp3) is 0.333. The van der Waals surface area contributed by atoms with E-state index in [9.17, 15) is 13.5 Å². The highest BCUT2D eigenvalue weighted by molar-refractivity contribution is 7.89. The molecule has 2 aromatic carbocycles. The molecular weight excluding hydrogens is 427 g/mol. The summed E-state index contributed by atoms with van der Waals surface area (Å²) in [5.41, 5.74) is 0.707. The first-order chi connectivity index (χ1) is 13.4. The van der Waals surface area contributed by atoms with Crippen LogP contribution in [0.1, 0.15) is 5.56 Å². The van der Waals surface area contributed by atoms with Crippen molar-refractivity contribution in [3.8, 4) is 17.2 Å². The standard InChI is InChI=1S/C18H18Cl2N2O5S/c19-13-2-1-3-17(18(13)20)28(24,25)22-6-4-21(5-7-22)10-12-8-15-16(9-14(12)23)27-11-26-15/h1-3,8-9,23H,4-7,10-11H2. The van der Waals surface area contributed by atoms with E-state index in [1.165, 1.54) is 10.4 Å². The molecule has 0 aliphatic carbocycles. The third-order valence-corrected chi connectivity index (χ3v) is 7.71. The number of halogens is 2. The molecule has 2 heterocycles. The number of phenols is 1. The zero-order valence-electron chi connectivity index (χ0n) is 14.8. The van der Waals surface area contributed by atoms with Gasteiger partial charge in [-0.05, 0) is 18.2 Å². The summed E-state index contributed by atoms with van der Waals surface area (Å²) < 4.78 is 37.8. The first-order valence-corrected chi connectivity index (χ1v) is 10.8. The summed E-state index contributed by atoms with van der Waals surface area (Å²) in [6.07, 6.45) is 0. The van der Waals surface area contributed by atoms with Crippen LogP contribution in [-0.4, -0.2) is 55.7 Å². The lowest BCUT2D eigenvalue weighted by atomic mass is 10.1. The predicted octanol–water partition coefficient (Wildman–Crippen LogP) is 2.93. The zero-order chi connectivity index (χ0) is 19.9. The van der Waals surface area contributed by atoms with Gasteiger partial charge in [-0.1, -0.05) is 29.3 Å². The van der Waals surface area contributed by atoms with Crippen molar-refractivity contribution in [3.63, 3.8) is 0 Å². The topological polar surface area (TPSA) is 79.3 Å². The molecule has 0 aromatic heterocycles. The van der Waals surface area contributed by atoms with Gasteiger partial charge in [0.05, 0.1) is 10.0 Å². The smallest absolute Gasteiger partial charge is 0.244 e. The average Bonchev–Trinajstić information content (AvgIpc) is 3.11. The van der Waals surface area contributed by atoms with Crippen molar-refractivity contribution in [2.24, 2.45) is 0 Å². The first kappa shape index (κ1) is 19.6. The number of sulfonamides is 1. The number of aromatic hydroxyl groups is 1. The van der Waals surface area contributed by atoms with Crippen molar-refractivity contribution >= 4 is 33.2 Å². The van der Waals surface area contributed by atoms with E-state index in [-0.39, 0.29) is 27.5 Å². The highest BCUT2D eigenvalue weighted by Gasteiger charge is 2.31. The molecule has 2 aliphatic rings. The number of rotatable bonds is 4. The minimum absolute atomic E-state index is 0.0172. The number of ether oxygens (including phenoxy) is 2. The maximum absolute atomic E-state index is 12.9. The molecule has 0 atom stereocenters. The van der Waals surface area contributed by atoms with E-state index in [0.29, 0.717) is 49.8 Å². The second kappa shape index (κ2) is 7.61. The summed E-state index contributed by atoms with van der Waals surface area (Å²) >= 11 is 12.1. The van der Waals surface area contributed by atoms with Crippen LogP contribution < -0.4 is 9.47 Å². The van der Waals surface area contributed by atoms with E-state index in [1.54, 1.807) is 24.3 Å². The number of hydrogen-bond donors (Lipinski definition) is 1. The van der Waals surface area contributed by atoms with E-state index in [2.05, 4.69) is 4.90 Å². The molecule has 1 saturated heterocycles. The molecule has 10 heteroatoms. The minimum atomic E-state index is -3.72. The van der Waals surface area contributed by atoms with Crippen molar-refractivity contribution in [1.29, 1.82) is 0 Å². The van der Waals surface area contributed by atoms with Gasteiger partial charge < -0.3 is 14.6 Å². The maximum Gasteiger partial charge on any atom is 0.244 e. The second-order valence-electron chi connectivity index (χ2n) is 6.57. The molecule has 0 unspecified atom stereocenters. The van der Waals surface area contributed by atoms with Crippen LogP contribution in [0, 0.1) is 0 Å². The number of phenolic OH excluding ortho intramolecular Hbond substituents is 1. The van der Waals surface area contributed by atoms with E-state index < -0.39 is 10.0 Å². The fourth-order valence-corrected chi connectivity index (χ4v) is 5.45. The highest BCUT2D eigenvalue weighted by Crippen LogP contribution is 2.38. The summed E-state index contributed by atoms with van der Waals surface area (Å²) in [4.78, 5) is 2.09. The Kier molecular flexibility index (Phi) is 5.32. The Morgan fingerprint density at radius 3 is 2.43 bits per heavy atom. The Bertz CT molecular complexity index is 1010. The number of benzene rings is 2. The Balaban J connectivity index is 1.44. The highest BCUT2D eigenvalue weighted by atomic mass is 35.5. The van der Waals surface area contributed by atoms with E-state index >= 15 is 0 Å². The molecule has 2 aliphatic heterocycles. The summed E-state index contributed by atoms with van der Waals surface area (Å²) in [5.74, 6) is 1.25. The molecule has 150 valence electrons. The Morgan fingerprint density at radius 1 is 1.04 bits per heavy atom. The van der Waals surface area contributed by atoms with Crippen LogP contribution >= 0.6 is 23.2 Å². The normalized spacial score (nSPS) is 17.8. The molecular formula is C18H18Cl2N2O5S. The van der Waals surface area contributed by atoms with Gasteiger partial charge in [-0.15, -0.1) is 0 Å². The Hall–Kier alpha value is -1.71. The number of nitrogens with zero attached hydrogens (tertiary/aromatic N) is 2. The molecule has 7 nitrogen and oxygen atoms in total. The molecule has 0 radical (unpaired) electrons. The molecule has 1 N–H and O–H groups in total. The van der Waals surface area contributed by atoms with Crippen LogP contribution in [0.5, 0.6) is 17.2 Å². The quantitative estimate of drug-likeness (QED) is 0.780. The van der Waals surface area contributed by atoms with Gasteiger partial charge in [-0.3, -0.25) is 4.90 Å². The molecule has 2 aromatic rings. The predicted molar refractivity (Wildman–Crippen MR) is 105 cm³/mol. The monoisotopic (exact) mass is 444 g/mol. The number of piperazine rings is 1. The second-order valence-corrected chi connectivity index (χ2v) is 9.26. The minimum Gasteiger partial charge on any atom is -0.507 e. The van der Waals surface area contributed by atoms with Crippen LogP contribution in [0.3, 0.4) is 0 Å². The van der Waals surface area contributed by atoms with Crippen molar-refractivity contribution in [1.82, 2.24) is 9.21 Å². The first-order valence-electron chi connectivity index (χ1n) is 8.64. The maximum atomic E-state index is 12.9. The lowest BCUT2D eigenvalue weighted by Crippen LogP contribution is -2.48. The lowest BCUT2D eigenvalue weighted by Gasteiger charge is -2.34. The van der Waals surface area contributed by atoms with Gasteiger partial charge in [-0.25, -0.2) is 8.42 Å². The van der Waals surface area contributed by atoms with Gasteiger partial charge in [0.15, 0.2) is 11.5 Å². The van der Waals surface area contributed by atoms with Crippen LogP contribution in [0.4, 0.5) is 0 Å². The largest absolute Gasteiger partial charge is 0.507 e. The van der Waals surface area contributed by atoms with Crippen molar-refractivity contribution in [2.75, 3.05) is 33.0 Å². The Morgan fingerprint density at radius 2 is 1.71 bits per heavy atom. The van der Waals surface area contributed by atoms with Gasteiger partial charge in [-0.2, -0.15) is 4.31 Å². The van der Waals surface area contributed by atoms with E-state index in [0.717, 1.165) is 0 Å². The van der Waals surface area contributed by atoms with Crippen molar-refractivity contribution in [3.05, 3.63) is 45.9 Å². The third-order valence-electron chi connectivity index (χ3n) is 4.83. The fourth-order valence-electron chi connectivity index (χ4n) is 3.29. The van der Waals surface area contributed by atoms with Crippen molar-refractivity contribution in [2.45, 2.75) is 11.4 Å². The summed E-state index contributed by atoms with van der Waals surface area (Å²) in [6.45, 7) is 2.29. The molecule has 0 saturated carbocycles. The van der Waals surface area contributed by atoms with Gasteiger partial charge in [0.2, 0.25) is 16.8 Å². The molecule has 1 fully saturated rings. The van der Waals surface area contributed by atoms with Crippen LogP contribution in [0.25, 0.3) is 0 Å². The molecule has 0 spiro atoms. The van der Waals surface area contributed by atoms with Gasteiger partial charge in [0, 0.05) is 44.4 Å². The summed E-state index contributed by atoms with van der Waals surface area (Å²) in [7, 11) is -3.72. The molecule has 4 rings (SSSR count). The number of hydrogen-bond acceptors (Lipinski definition) is 6. The van der Waals surface area contributed by atoms with Gasteiger partial charge in [0.25, 0.3) is 0 Å². The molecule has 0 amide bonds. The van der Waals surface area contributed by atoms with Gasteiger partial charge in [0.1, 0.15) is 10.6 Å². The SMILES string of the molecule is O=S(=O)(c1cccc(Cl)c1Cl)N1CCN(Cc2cc3c(cc2O)OCO3)CC1.